The van der Waals surface area contributed by atoms with Crippen molar-refractivity contribution >= 4 is 23.4 Å². The van der Waals surface area contributed by atoms with Crippen LogP contribution in [-0.4, -0.2) is 28.9 Å². The molecule has 1 saturated carbocycles. The van der Waals surface area contributed by atoms with E-state index in [0.717, 1.165) is 24.8 Å². The second-order valence-corrected chi connectivity index (χ2v) is 6.66. The Labute approximate surface area is 154 Å². The van der Waals surface area contributed by atoms with Gasteiger partial charge in [0.2, 0.25) is 11.8 Å². The lowest BCUT2D eigenvalue weighted by Gasteiger charge is -2.41. The van der Waals surface area contributed by atoms with Gasteiger partial charge in [-0.3, -0.25) is 14.6 Å². The summed E-state index contributed by atoms with van der Waals surface area (Å²) in [5.41, 5.74) is -1.18. The molecule has 0 spiro atoms. The number of rotatable bonds is 7. The fourth-order valence-electron chi connectivity index (χ4n) is 2.76. The molecule has 1 heterocycles. The molecule has 26 heavy (non-hydrogen) atoms. The summed E-state index contributed by atoms with van der Waals surface area (Å²) < 4.78 is 37.7. The number of halogens is 4. The molecule has 2 N–H and O–H groups in total. The zero-order valence-corrected chi connectivity index (χ0v) is 14.7. The first-order valence-electron chi connectivity index (χ1n) is 8.08. The molecular weight excluding hydrogens is 371 g/mol. The van der Waals surface area contributed by atoms with E-state index in [4.69, 9.17) is 11.6 Å². The van der Waals surface area contributed by atoms with Gasteiger partial charge in [0.15, 0.2) is 0 Å². The lowest BCUT2D eigenvalue weighted by atomic mass is 9.74. The summed E-state index contributed by atoms with van der Waals surface area (Å²) >= 11 is 5.83. The van der Waals surface area contributed by atoms with E-state index in [9.17, 15) is 22.8 Å². The molecule has 0 radical (unpaired) electrons. The molecule has 1 aliphatic carbocycles. The van der Waals surface area contributed by atoms with E-state index in [2.05, 4.69) is 22.2 Å². The summed E-state index contributed by atoms with van der Waals surface area (Å²) in [5, 5.41) is 5.38. The molecule has 5 nitrogen and oxygen atoms in total. The number of carbonyl (C=O) groups excluding carboxylic acids is 2. The fraction of sp³-hybridized carbons (Fsp3) is 0.471. The number of amides is 2. The number of nitrogens with zero attached hydrogens (tertiary/aromatic N) is 1. The smallest absolute Gasteiger partial charge is 0.356 e. The van der Waals surface area contributed by atoms with Gasteiger partial charge in [0.05, 0.1) is 16.3 Å². The third-order valence-electron chi connectivity index (χ3n) is 4.31. The zero-order chi connectivity index (χ0) is 19.4. The molecule has 1 aliphatic rings. The average molecular weight is 390 g/mol. The Morgan fingerprint density at radius 1 is 1.38 bits per heavy atom. The Morgan fingerprint density at radius 3 is 2.58 bits per heavy atom. The van der Waals surface area contributed by atoms with E-state index in [1.807, 2.05) is 0 Å². The highest BCUT2D eigenvalue weighted by Crippen LogP contribution is 2.35. The Balaban J connectivity index is 1.85. The van der Waals surface area contributed by atoms with Gasteiger partial charge in [0.25, 0.3) is 0 Å². The summed E-state index contributed by atoms with van der Waals surface area (Å²) in [6.07, 6.45) is 0.0770. The number of carbonyl (C=O) groups is 2. The van der Waals surface area contributed by atoms with Crippen molar-refractivity contribution < 1.29 is 22.8 Å². The number of pyridine rings is 1. The van der Waals surface area contributed by atoms with Crippen molar-refractivity contribution in [1.82, 2.24) is 15.6 Å². The highest BCUT2D eigenvalue weighted by Gasteiger charge is 2.39. The molecule has 1 fully saturated rings. The van der Waals surface area contributed by atoms with Gasteiger partial charge in [-0.1, -0.05) is 18.2 Å². The van der Waals surface area contributed by atoms with E-state index in [-0.39, 0.29) is 41.9 Å². The van der Waals surface area contributed by atoms with Crippen LogP contribution in [0.15, 0.2) is 24.9 Å². The van der Waals surface area contributed by atoms with Crippen LogP contribution in [0.2, 0.25) is 5.02 Å². The standard InChI is InChI=1S/C17H19ClF3N3O2/c1-2-14(25)24-16(5-3-6-16)9-15(26)22-7-4-13-12(18)8-11(10-23-13)17(19,20)21/h2,8,10H,1,3-7,9H2,(H,22,26)(H,24,25). The molecule has 0 aromatic carbocycles. The third kappa shape index (κ3) is 5.20. The van der Waals surface area contributed by atoms with Crippen LogP contribution in [-0.2, 0) is 22.2 Å². The Bertz CT molecular complexity index is 703. The highest BCUT2D eigenvalue weighted by molar-refractivity contribution is 6.31. The van der Waals surface area contributed by atoms with E-state index in [1.165, 1.54) is 0 Å². The Hall–Kier alpha value is -2.09. The van der Waals surface area contributed by atoms with E-state index < -0.39 is 17.3 Å². The number of aromatic nitrogens is 1. The van der Waals surface area contributed by atoms with Crippen LogP contribution in [0.5, 0.6) is 0 Å². The predicted octanol–water partition coefficient (Wildman–Crippen LogP) is 3.03. The van der Waals surface area contributed by atoms with Gasteiger partial charge in [-0.05, 0) is 31.4 Å². The van der Waals surface area contributed by atoms with Gasteiger partial charge >= 0.3 is 6.18 Å². The molecule has 2 rings (SSSR count). The topological polar surface area (TPSA) is 71.1 Å². The molecule has 0 unspecified atom stereocenters. The molecule has 9 heteroatoms. The zero-order valence-electron chi connectivity index (χ0n) is 14.0. The lowest BCUT2D eigenvalue weighted by molar-refractivity contribution is -0.137. The van der Waals surface area contributed by atoms with Gasteiger partial charge in [0, 0.05) is 31.1 Å². The monoisotopic (exact) mass is 389 g/mol. The summed E-state index contributed by atoms with van der Waals surface area (Å²) in [7, 11) is 0. The summed E-state index contributed by atoms with van der Waals surface area (Å²) in [4.78, 5) is 27.3. The molecule has 142 valence electrons. The largest absolute Gasteiger partial charge is 0.417 e. The van der Waals surface area contributed by atoms with Gasteiger partial charge < -0.3 is 10.6 Å². The van der Waals surface area contributed by atoms with Crippen molar-refractivity contribution in [3.8, 4) is 0 Å². The van der Waals surface area contributed by atoms with Crippen LogP contribution < -0.4 is 10.6 Å². The van der Waals surface area contributed by atoms with Gasteiger partial charge in [-0.15, -0.1) is 0 Å². The molecule has 0 saturated heterocycles. The molecular formula is C17H19ClF3N3O2. The van der Waals surface area contributed by atoms with Crippen molar-refractivity contribution in [3.05, 3.63) is 41.2 Å². The molecule has 1 aromatic heterocycles. The highest BCUT2D eigenvalue weighted by atomic mass is 35.5. The van der Waals surface area contributed by atoms with Crippen molar-refractivity contribution in [1.29, 1.82) is 0 Å². The summed E-state index contributed by atoms with van der Waals surface area (Å²) in [6, 6.07) is 0.819. The maximum atomic E-state index is 12.6. The normalized spacial score (nSPS) is 15.7. The van der Waals surface area contributed by atoms with Crippen LogP contribution in [0, 0.1) is 0 Å². The first-order valence-corrected chi connectivity index (χ1v) is 8.46. The second-order valence-electron chi connectivity index (χ2n) is 6.25. The first kappa shape index (κ1) is 20.2. The minimum absolute atomic E-state index is 0.0946. The lowest BCUT2D eigenvalue weighted by Crippen LogP contribution is -2.55. The van der Waals surface area contributed by atoms with Crippen molar-refractivity contribution in [2.45, 2.75) is 43.8 Å². The van der Waals surface area contributed by atoms with Crippen LogP contribution in [0.1, 0.15) is 36.9 Å². The number of nitrogens with one attached hydrogen (secondary N) is 2. The molecule has 2 amide bonds. The van der Waals surface area contributed by atoms with E-state index >= 15 is 0 Å². The minimum Gasteiger partial charge on any atom is -0.356 e. The maximum absolute atomic E-state index is 12.6. The molecule has 0 bridgehead atoms. The van der Waals surface area contributed by atoms with E-state index in [0.29, 0.717) is 12.8 Å². The number of hydrogen-bond donors (Lipinski definition) is 2. The van der Waals surface area contributed by atoms with Crippen LogP contribution in [0.4, 0.5) is 13.2 Å². The maximum Gasteiger partial charge on any atom is 0.417 e. The first-order chi connectivity index (χ1) is 12.1. The molecule has 0 aliphatic heterocycles. The number of alkyl halides is 3. The van der Waals surface area contributed by atoms with Crippen molar-refractivity contribution in [3.63, 3.8) is 0 Å². The van der Waals surface area contributed by atoms with Gasteiger partial charge in [0.1, 0.15) is 0 Å². The van der Waals surface area contributed by atoms with Gasteiger partial charge in [-0.25, -0.2) is 0 Å². The van der Waals surface area contributed by atoms with Crippen molar-refractivity contribution in [2.24, 2.45) is 0 Å². The minimum atomic E-state index is -4.50. The van der Waals surface area contributed by atoms with Crippen LogP contribution in [0.25, 0.3) is 0 Å². The van der Waals surface area contributed by atoms with Gasteiger partial charge in [-0.2, -0.15) is 13.2 Å². The van der Waals surface area contributed by atoms with Crippen LogP contribution in [0.3, 0.4) is 0 Å². The quantitative estimate of drug-likeness (QED) is 0.704. The second kappa shape index (κ2) is 8.07. The SMILES string of the molecule is C=CC(=O)NC1(CC(=O)NCCc2ncc(C(F)(F)F)cc2Cl)CCC1. The van der Waals surface area contributed by atoms with Crippen LogP contribution >= 0.6 is 11.6 Å². The third-order valence-corrected chi connectivity index (χ3v) is 4.64. The summed E-state index contributed by atoms with van der Waals surface area (Å²) in [5.74, 6) is -0.574. The predicted molar refractivity (Wildman–Crippen MR) is 90.5 cm³/mol. The number of hydrogen-bond acceptors (Lipinski definition) is 3. The summed E-state index contributed by atoms with van der Waals surface area (Å²) in [6.45, 7) is 3.58. The molecule has 0 atom stereocenters. The Kier molecular flexibility index (Phi) is 6.28. The van der Waals surface area contributed by atoms with E-state index in [1.54, 1.807) is 0 Å². The Morgan fingerprint density at radius 2 is 2.08 bits per heavy atom. The molecule has 1 aromatic rings. The fourth-order valence-corrected chi connectivity index (χ4v) is 3.02. The van der Waals surface area contributed by atoms with Crippen molar-refractivity contribution in [2.75, 3.05) is 6.54 Å². The average Bonchev–Trinajstić information content (AvgIpc) is 2.53.